The molecule has 1 N–H and O–H groups in total. The molecule has 1 amide bonds. The summed E-state index contributed by atoms with van der Waals surface area (Å²) < 4.78 is 39.4. The summed E-state index contributed by atoms with van der Waals surface area (Å²) in [5.41, 5.74) is -0.904. The van der Waals surface area contributed by atoms with E-state index < -0.39 is 28.9 Å². The quantitative estimate of drug-likeness (QED) is 0.924. The molecule has 0 aliphatic heterocycles. The Morgan fingerprint density at radius 3 is 2.26 bits per heavy atom. The largest absolute Gasteiger partial charge is 0.305 e. The van der Waals surface area contributed by atoms with E-state index in [-0.39, 0.29) is 11.0 Å². The van der Waals surface area contributed by atoms with Gasteiger partial charge in [-0.1, -0.05) is 11.6 Å². The van der Waals surface area contributed by atoms with E-state index in [0.717, 1.165) is 12.4 Å². The van der Waals surface area contributed by atoms with Gasteiger partial charge < -0.3 is 5.32 Å². The highest BCUT2D eigenvalue weighted by Crippen LogP contribution is 2.16. The number of amides is 1. The number of carbonyl (C=O) groups excluding carboxylic acids is 1. The van der Waals surface area contributed by atoms with Crippen LogP contribution in [0.25, 0.3) is 0 Å². The lowest BCUT2D eigenvalue weighted by atomic mass is 10.2. The Kier molecular flexibility index (Phi) is 3.66. The molecule has 0 radical (unpaired) electrons. The first-order chi connectivity index (χ1) is 8.97. The lowest BCUT2D eigenvalue weighted by molar-refractivity contribution is 0.101. The highest BCUT2D eigenvalue weighted by molar-refractivity contribution is 6.29. The molecule has 0 fully saturated rings. The van der Waals surface area contributed by atoms with Crippen LogP contribution in [0.5, 0.6) is 0 Å². The van der Waals surface area contributed by atoms with Crippen LogP contribution in [0.1, 0.15) is 10.4 Å². The Morgan fingerprint density at radius 2 is 1.74 bits per heavy atom. The van der Waals surface area contributed by atoms with Crippen LogP contribution in [0.4, 0.5) is 19.0 Å². The Bertz CT molecular complexity index is 611. The molecule has 1 heterocycles. The fourth-order valence-corrected chi connectivity index (χ4v) is 1.41. The SMILES string of the molecule is O=C(Nc1cnc(Cl)cn1)c1c(F)cc(F)cc1F. The number of benzene rings is 1. The molecular formula is C11H5ClF3N3O. The zero-order valence-electron chi connectivity index (χ0n) is 9.12. The van der Waals surface area contributed by atoms with Crippen molar-refractivity contribution in [2.75, 3.05) is 5.32 Å². The number of hydrogen-bond acceptors (Lipinski definition) is 3. The van der Waals surface area contributed by atoms with Crippen LogP contribution in [0.15, 0.2) is 24.5 Å². The van der Waals surface area contributed by atoms with Gasteiger partial charge in [0.1, 0.15) is 28.2 Å². The first-order valence-electron chi connectivity index (χ1n) is 4.91. The standard InChI is InChI=1S/C11H5ClF3N3O/c12-8-3-17-9(4-16-8)18-11(19)10-6(14)1-5(13)2-7(10)15/h1-4H,(H,17,18,19). The smallest absolute Gasteiger partial charge is 0.262 e. The molecule has 0 saturated heterocycles. The molecule has 2 aromatic rings. The van der Waals surface area contributed by atoms with E-state index in [9.17, 15) is 18.0 Å². The number of halogens is 4. The lowest BCUT2D eigenvalue weighted by Crippen LogP contribution is -2.17. The Morgan fingerprint density at radius 1 is 1.11 bits per heavy atom. The van der Waals surface area contributed by atoms with Gasteiger partial charge in [0.05, 0.1) is 12.4 Å². The van der Waals surface area contributed by atoms with Crippen molar-refractivity contribution in [3.63, 3.8) is 0 Å². The molecule has 1 aromatic heterocycles. The molecule has 98 valence electrons. The van der Waals surface area contributed by atoms with Crippen LogP contribution < -0.4 is 5.32 Å². The van der Waals surface area contributed by atoms with Crippen LogP contribution in [-0.4, -0.2) is 15.9 Å². The molecule has 0 saturated carbocycles. The van der Waals surface area contributed by atoms with Crippen molar-refractivity contribution in [2.45, 2.75) is 0 Å². The predicted octanol–water partition coefficient (Wildman–Crippen LogP) is 2.80. The average molecular weight is 288 g/mol. The second kappa shape index (κ2) is 5.23. The van der Waals surface area contributed by atoms with E-state index in [1.54, 1.807) is 0 Å². The molecule has 8 heteroatoms. The van der Waals surface area contributed by atoms with Crippen molar-refractivity contribution in [1.82, 2.24) is 9.97 Å². The number of carbonyl (C=O) groups is 1. The molecule has 2 rings (SSSR count). The number of rotatable bonds is 2. The Balaban J connectivity index is 2.28. The second-order valence-electron chi connectivity index (χ2n) is 3.42. The highest BCUT2D eigenvalue weighted by atomic mass is 35.5. The molecule has 19 heavy (non-hydrogen) atoms. The van der Waals surface area contributed by atoms with Gasteiger partial charge in [0.2, 0.25) is 0 Å². The van der Waals surface area contributed by atoms with E-state index in [1.807, 2.05) is 0 Å². The van der Waals surface area contributed by atoms with Crippen molar-refractivity contribution in [3.05, 3.63) is 52.7 Å². The van der Waals surface area contributed by atoms with E-state index in [2.05, 4.69) is 15.3 Å². The third-order valence-electron chi connectivity index (χ3n) is 2.10. The van der Waals surface area contributed by atoms with Gasteiger partial charge in [-0.15, -0.1) is 0 Å². The van der Waals surface area contributed by atoms with Gasteiger partial charge in [0.15, 0.2) is 5.82 Å². The maximum absolute atomic E-state index is 13.3. The number of aromatic nitrogens is 2. The van der Waals surface area contributed by atoms with Crippen LogP contribution >= 0.6 is 11.6 Å². The molecule has 0 bridgehead atoms. The lowest BCUT2D eigenvalue weighted by Gasteiger charge is -2.06. The van der Waals surface area contributed by atoms with Crippen molar-refractivity contribution < 1.29 is 18.0 Å². The van der Waals surface area contributed by atoms with Gasteiger partial charge >= 0.3 is 0 Å². The zero-order valence-corrected chi connectivity index (χ0v) is 9.88. The average Bonchev–Trinajstić information content (AvgIpc) is 2.30. The normalized spacial score (nSPS) is 10.3. The summed E-state index contributed by atoms with van der Waals surface area (Å²) in [6.07, 6.45) is 2.26. The van der Waals surface area contributed by atoms with Gasteiger partial charge in [-0.25, -0.2) is 23.1 Å². The summed E-state index contributed by atoms with van der Waals surface area (Å²) in [5.74, 6) is -4.88. The molecule has 0 aliphatic carbocycles. The summed E-state index contributed by atoms with van der Waals surface area (Å²) in [7, 11) is 0. The Labute approximate surface area is 110 Å². The van der Waals surface area contributed by atoms with Crippen molar-refractivity contribution in [1.29, 1.82) is 0 Å². The van der Waals surface area contributed by atoms with Gasteiger partial charge in [-0.3, -0.25) is 4.79 Å². The first-order valence-corrected chi connectivity index (χ1v) is 5.28. The van der Waals surface area contributed by atoms with Gasteiger partial charge in [-0.05, 0) is 0 Å². The third kappa shape index (κ3) is 3.00. The van der Waals surface area contributed by atoms with Gasteiger partial charge in [0.25, 0.3) is 5.91 Å². The van der Waals surface area contributed by atoms with E-state index in [0.29, 0.717) is 12.1 Å². The van der Waals surface area contributed by atoms with Gasteiger partial charge in [0, 0.05) is 12.1 Å². The van der Waals surface area contributed by atoms with Crippen molar-refractivity contribution in [3.8, 4) is 0 Å². The minimum absolute atomic E-state index is 0.0440. The molecular weight excluding hydrogens is 283 g/mol. The summed E-state index contributed by atoms with van der Waals surface area (Å²) >= 11 is 5.49. The van der Waals surface area contributed by atoms with Crippen molar-refractivity contribution in [2.24, 2.45) is 0 Å². The summed E-state index contributed by atoms with van der Waals surface area (Å²) in [6.45, 7) is 0. The molecule has 0 aliphatic rings. The minimum Gasteiger partial charge on any atom is -0.305 e. The number of nitrogens with one attached hydrogen (secondary N) is 1. The third-order valence-corrected chi connectivity index (χ3v) is 2.29. The first kappa shape index (κ1) is 13.3. The number of nitrogens with zero attached hydrogens (tertiary/aromatic N) is 2. The maximum atomic E-state index is 13.3. The predicted molar refractivity (Wildman–Crippen MR) is 61.3 cm³/mol. The van der Waals surface area contributed by atoms with E-state index in [1.165, 1.54) is 0 Å². The second-order valence-corrected chi connectivity index (χ2v) is 3.81. The van der Waals surface area contributed by atoms with Gasteiger partial charge in [-0.2, -0.15) is 0 Å². The maximum Gasteiger partial charge on any atom is 0.262 e. The van der Waals surface area contributed by atoms with Crippen LogP contribution in [-0.2, 0) is 0 Å². The Hall–Kier alpha value is -2.15. The fraction of sp³-hybridized carbons (Fsp3) is 0. The minimum atomic E-state index is -1.31. The van der Waals surface area contributed by atoms with Crippen molar-refractivity contribution >= 4 is 23.3 Å². The summed E-state index contributed by atoms with van der Waals surface area (Å²) in [5, 5.41) is 2.21. The monoisotopic (exact) mass is 287 g/mol. The summed E-state index contributed by atoms with van der Waals surface area (Å²) in [4.78, 5) is 18.9. The van der Waals surface area contributed by atoms with Crippen LogP contribution in [0.2, 0.25) is 5.15 Å². The molecule has 0 spiro atoms. The fourth-order valence-electron chi connectivity index (χ4n) is 1.31. The zero-order chi connectivity index (χ0) is 14.0. The molecule has 0 unspecified atom stereocenters. The topological polar surface area (TPSA) is 54.9 Å². The van der Waals surface area contributed by atoms with E-state index >= 15 is 0 Å². The highest BCUT2D eigenvalue weighted by Gasteiger charge is 2.19. The van der Waals surface area contributed by atoms with E-state index in [4.69, 9.17) is 11.6 Å². The molecule has 4 nitrogen and oxygen atoms in total. The molecule has 0 atom stereocenters. The number of hydrogen-bond donors (Lipinski definition) is 1. The molecule has 1 aromatic carbocycles. The number of anilines is 1. The van der Waals surface area contributed by atoms with Crippen LogP contribution in [0.3, 0.4) is 0 Å². The van der Waals surface area contributed by atoms with Crippen LogP contribution in [0, 0.1) is 17.5 Å². The summed E-state index contributed by atoms with van der Waals surface area (Å²) in [6, 6.07) is 0.817.